The van der Waals surface area contributed by atoms with E-state index in [9.17, 15) is 14.9 Å². The quantitative estimate of drug-likeness (QED) is 0.153. The van der Waals surface area contributed by atoms with E-state index in [-0.39, 0.29) is 5.57 Å². The summed E-state index contributed by atoms with van der Waals surface area (Å²) in [6.07, 6.45) is 1.49. The van der Waals surface area contributed by atoms with Crippen molar-refractivity contribution in [3.05, 3.63) is 97.0 Å². The number of carbonyl (C=O) groups excluding carboxylic acids is 2. The fourth-order valence-corrected chi connectivity index (χ4v) is 3.66. The van der Waals surface area contributed by atoms with Crippen LogP contribution in [0.3, 0.4) is 0 Å². The Labute approximate surface area is 213 Å². The Bertz CT molecular complexity index is 1230. The van der Waals surface area contributed by atoms with Gasteiger partial charge in [0.25, 0.3) is 5.91 Å². The van der Waals surface area contributed by atoms with Crippen LogP contribution in [0.25, 0.3) is 6.08 Å². The molecule has 3 aromatic carbocycles. The molecular formula is C25H18BrIN2O4. The number of nitrogens with one attached hydrogen (secondary N) is 1. The van der Waals surface area contributed by atoms with Crippen molar-refractivity contribution in [2.45, 2.75) is 6.61 Å². The zero-order valence-electron chi connectivity index (χ0n) is 17.5. The van der Waals surface area contributed by atoms with Gasteiger partial charge in [-0.3, -0.25) is 4.79 Å². The largest absolute Gasteiger partial charge is 0.488 e. The van der Waals surface area contributed by atoms with E-state index in [2.05, 4.69) is 48.6 Å². The Balaban J connectivity index is 1.67. The molecule has 0 aliphatic rings. The summed E-state index contributed by atoms with van der Waals surface area (Å²) in [6, 6.07) is 21.5. The Hall–Kier alpha value is -3.16. The van der Waals surface area contributed by atoms with Gasteiger partial charge in [-0.25, -0.2) is 4.79 Å². The lowest BCUT2D eigenvalue weighted by molar-refractivity contribution is -0.112. The van der Waals surface area contributed by atoms with Gasteiger partial charge in [0, 0.05) is 9.26 Å². The second kappa shape index (κ2) is 11.6. The number of methoxy groups -OCH3 is 1. The molecule has 0 bridgehead atoms. The predicted octanol–water partition coefficient (Wildman–Crippen LogP) is 5.96. The molecule has 0 spiro atoms. The first-order valence-corrected chi connectivity index (χ1v) is 11.5. The average molecular weight is 617 g/mol. The smallest absolute Gasteiger partial charge is 0.337 e. The highest BCUT2D eigenvalue weighted by Gasteiger charge is 2.12. The van der Waals surface area contributed by atoms with Crippen LogP contribution in [-0.2, 0) is 16.1 Å². The van der Waals surface area contributed by atoms with Crippen LogP contribution < -0.4 is 10.1 Å². The monoisotopic (exact) mass is 616 g/mol. The lowest BCUT2D eigenvalue weighted by Gasteiger charge is -2.09. The fourth-order valence-electron chi connectivity index (χ4n) is 2.79. The highest BCUT2D eigenvalue weighted by molar-refractivity contribution is 14.1. The van der Waals surface area contributed by atoms with E-state index in [0.717, 1.165) is 9.13 Å². The second-order valence-corrected chi connectivity index (χ2v) is 8.90. The third kappa shape index (κ3) is 6.91. The molecule has 1 amide bonds. The van der Waals surface area contributed by atoms with Gasteiger partial charge in [0.05, 0.1) is 17.1 Å². The van der Waals surface area contributed by atoms with Gasteiger partial charge in [-0.1, -0.05) is 18.2 Å². The topological polar surface area (TPSA) is 88.4 Å². The van der Waals surface area contributed by atoms with E-state index in [0.29, 0.717) is 33.6 Å². The molecule has 0 aromatic heterocycles. The first-order valence-electron chi connectivity index (χ1n) is 9.68. The van der Waals surface area contributed by atoms with Crippen LogP contribution in [-0.4, -0.2) is 19.0 Å². The number of hydrogen-bond acceptors (Lipinski definition) is 5. The van der Waals surface area contributed by atoms with Crippen molar-refractivity contribution in [1.82, 2.24) is 0 Å². The summed E-state index contributed by atoms with van der Waals surface area (Å²) in [5.74, 6) is -0.375. The number of esters is 1. The lowest BCUT2D eigenvalue weighted by Crippen LogP contribution is -2.13. The number of nitriles is 1. The maximum Gasteiger partial charge on any atom is 0.337 e. The van der Waals surface area contributed by atoms with Crippen molar-refractivity contribution in [3.8, 4) is 11.8 Å². The number of ether oxygens (including phenoxy) is 2. The van der Waals surface area contributed by atoms with Crippen LogP contribution in [0.2, 0.25) is 0 Å². The summed E-state index contributed by atoms with van der Waals surface area (Å²) < 4.78 is 12.4. The molecule has 6 nitrogen and oxygen atoms in total. The lowest BCUT2D eigenvalue weighted by atomic mass is 10.1. The fraction of sp³-hybridized carbons (Fsp3) is 0.0800. The van der Waals surface area contributed by atoms with Crippen molar-refractivity contribution in [2.24, 2.45) is 0 Å². The molecule has 0 atom stereocenters. The van der Waals surface area contributed by atoms with Crippen LogP contribution in [0.1, 0.15) is 21.5 Å². The first kappa shape index (κ1) is 24.5. The van der Waals surface area contributed by atoms with E-state index in [1.54, 1.807) is 30.3 Å². The van der Waals surface area contributed by atoms with Gasteiger partial charge in [-0.15, -0.1) is 0 Å². The Morgan fingerprint density at radius 2 is 1.79 bits per heavy atom. The van der Waals surface area contributed by atoms with Crippen LogP contribution >= 0.6 is 38.5 Å². The summed E-state index contributed by atoms with van der Waals surface area (Å²) in [5.41, 5.74) is 2.46. The van der Waals surface area contributed by atoms with E-state index in [1.807, 2.05) is 30.3 Å². The molecule has 0 heterocycles. The number of nitrogens with zero attached hydrogens (tertiary/aromatic N) is 1. The zero-order valence-corrected chi connectivity index (χ0v) is 21.2. The van der Waals surface area contributed by atoms with Crippen LogP contribution in [0.4, 0.5) is 5.69 Å². The number of carbonyl (C=O) groups is 2. The highest BCUT2D eigenvalue weighted by Crippen LogP contribution is 2.28. The molecule has 166 valence electrons. The number of hydrogen-bond donors (Lipinski definition) is 1. The van der Waals surface area contributed by atoms with Crippen LogP contribution in [0.15, 0.2) is 76.8 Å². The number of halogens is 2. The molecule has 33 heavy (non-hydrogen) atoms. The molecule has 0 aliphatic heterocycles. The van der Waals surface area contributed by atoms with E-state index in [1.165, 1.54) is 25.3 Å². The minimum absolute atomic E-state index is 0.0634. The van der Waals surface area contributed by atoms with Crippen molar-refractivity contribution < 1.29 is 19.1 Å². The standard InChI is InChI=1S/C25H18BrIN2O4/c1-32-25(31)18-5-9-21(10-6-18)29-24(30)19(14-28)12-17-4-11-23(22(26)13-17)33-15-16-2-7-20(27)8-3-16/h2-13H,15H2,1H3,(H,29,30)/b19-12+. The van der Waals surface area contributed by atoms with Crippen molar-refractivity contribution in [2.75, 3.05) is 12.4 Å². The summed E-state index contributed by atoms with van der Waals surface area (Å²) >= 11 is 5.73. The number of amides is 1. The SMILES string of the molecule is COC(=O)c1ccc(NC(=O)/C(C#N)=C/c2ccc(OCc3ccc(I)cc3)c(Br)c2)cc1. The highest BCUT2D eigenvalue weighted by atomic mass is 127. The Morgan fingerprint density at radius 1 is 1.09 bits per heavy atom. The van der Waals surface area contributed by atoms with E-state index >= 15 is 0 Å². The minimum atomic E-state index is -0.557. The van der Waals surface area contributed by atoms with Gasteiger partial charge < -0.3 is 14.8 Å². The second-order valence-electron chi connectivity index (χ2n) is 6.80. The maximum atomic E-state index is 12.5. The summed E-state index contributed by atoms with van der Waals surface area (Å²) in [6.45, 7) is 0.422. The first-order chi connectivity index (χ1) is 15.9. The molecule has 3 aromatic rings. The predicted molar refractivity (Wildman–Crippen MR) is 138 cm³/mol. The molecule has 0 aliphatic carbocycles. The van der Waals surface area contributed by atoms with Gasteiger partial charge >= 0.3 is 5.97 Å². The Morgan fingerprint density at radius 3 is 2.39 bits per heavy atom. The van der Waals surface area contributed by atoms with Gasteiger partial charge in [0.15, 0.2) is 0 Å². The number of anilines is 1. The van der Waals surface area contributed by atoms with Gasteiger partial charge in [0.1, 0.15) is 24.0 Å². The third-order valence-electron chi connectivity index (χ3n) is 4.50. The summed E-state index contributed by atoms with van der Waals surface area (Å²) in [5, 5.41) is 12.1. The number of rotatable bonds is 7. The third-order valence-corrected chi connectivity index (χ3v) is 5.84. The molecule has 1 N–H and O–H groups in total. The minimum Gasteiger partial charge on any atom is -0.488 e. The van der Waals surface area contributed by atoms with Gasteiger partial charge in [0.2, 0.25) is 0 Å². The molecule has 0 fully saturated rings. The molecule has 0 radical (unpaired) electrons. The molecule has 0 unspecified atom stereocenters. The normalized spacial score (nSPS) is 10.8. The Kier molecular flexibility index (Phi) is 8.63. The van der Waals surface area contributed by atoms with Crippen LogP contribution in [0, 0.1) is 14.9 Å². The van der Waals surface area contributed by atoms with Crippen LogP contribution in [0.5, 0.6) is 5.75 Å². The van der Waals surface area contributed by atoms with E-state index < -0.39 is 11.9 Å². The molecule has 0 saturated carbocycles. The number of benzene rings is 3. The molecule has 8 heteroatoms. The van der Waals surface area contributed by atoms with E-state index in [4.69, 9.17) is 4.74 Å². The maximum absolute atomic E-state index is 12.5. The molecular weight excluding hydrogens is 599 g/mol. The average Bonchev–Trinajstić information content (AvgIpc) is 2.83. The van der Waals surface area contributed by atoms with Crippen molar-refractivity contribution in [1.29, 1.82) is 5.26 Å². The summed E-state index contributed by atoms with van der Waals surface area (Å²) in [7, 11) is 1.29. The van der Waals surface area contributed by atoms with Crippen molar-refractivity contribution in [3.63, 3.8) is 0 Å². The van der Waals surface area contributed by atoms with Gasteiger partial charge in [-0.2, -0.15) is 5.26 Å². The molecule has 0 saturated heterocycles. The summed E-state index contributed by atoms with van der Waals surface area (Å²) in [4.78, 5) is 24.0. The van der Waals surface area contributed by atoms with Crippen molar-refractivity contribution >= 4 is 62.2 Å². The van der Waals surface area contributed by atoms with Gasteiger partial charge in [-0.05, 0) is 104 Å². The zero-order chi connectivity index (χ0) is 23.8. The molecule has 3 rings (SSSR count).